The summed E-state index contributed by atoms with van der Waals surface area (Å²) < 4.78 is 0. The van der Waals surface area contributed by atoms with Gasteiger partial charge in [-0.15, -0.1) is 0 Å². The molecule has 0 fully saturated rings. The SMILES string of the molecule is Cc1cccc(-c2c[nH]c3nc(CC(C)C)ncc23)c1. The molecule has 0 aliphatic rings. The van der Waals surface area contributed by atoms with E-state index >= 15 is 0 Å². The summed E-state index contributed by atoms with van der Waals surface area (Å²) in [7, 11) is 0. The summed E-state index contributed by atoms with van der Waals surface area (Å²) in [6, 6.07) is 8.50. The molecule has 0 bridgehead atoms. The fourth-order valence-electron chi connectivity index (χ4n) is 2.46. The first-order chi connectivity index (χ1) is 9.63. The van der Waals surface area contributed by atoms with Gasteiger partial charge in [-0.1, -0.05) is 43.7 Å². The van der Waals surface area contributed by atoms with Crippen LogP contribution in [0.25, 0.3) is 22.2 Å². The van der Waals surface area contributed by atoms with E-state index in [1.165, 1.54) is 16.7 Å². The number of aromatic amines is 1. The first-order valence-electron chi connectivity index (χ1n) is 7.03. The maximum absolute atomic E-state index is 4.62. The van der Waals surface area contributed by atoms with Crippen LogP contribution in [0.5, 0.6) is 0 Å². The van der Waals surface area contributed by atoms with Crippen molar-refractivity contribution >= 4 is 11.0 Å². The van der Waals surface area contributed by atoms with Gasteiger partial charge in [-0.25, -0.2) is 9.97 Å². The smallest absolute Gasteiger partial charge is 0.141 e. The molecule has 3 nitrogen and oxygen atoms in total. The van der Waals surface area contributed by atoms with Crippen molar-refractivity contribution < 1.29 is 0 Å². The zero-order valence-corrected chi connectivity index (χ0v) is 12.1. The highest BCUT2D eigenvalue weighted by atomic mass is 14.9. The van der Waals surface area contributed by atoms with Gasteiger partial charge in [0.25, 0.3) is 0 Å². The zero-order valence-electron chi connectivity index (χ0n) is 12.1. The lowest BCUT2D eigenvalue weighted by atomic mass is 10.0. The number of aryl methyl sites for hydroxylation is 1. The van der Waals surface area contributed by atoms with Crippen molar-refractivity contribution in [2.75, 3.05) is 0 Å². The molecule has 0 atom stereocenters. The lowest BCUT2D eigenvalue weighted by molar-refractivity contribution is 0.622. The van der Waals surface area contributed by atoms with E-state index in [9.17, 15) is 0 Å². The second-order valence-electron chi connectivity index (χ2n) is 5.72. The molecule has 20 heavy (non-hydrogen) atoms. The average molecular weight is 265 g/mol. The molecule has 2 aromatic heterocycles. The maximum atomic E-state index is 4.62. The highest BCUT2D eigenvalue weighted by Crippen LogP contribution is 2.27. The zero-order chi connectivity index (χ0) is 14.1. The van der Waals surface area contributed by atoms with Gasteiger partial charge in [0.15, 0.2) is 0 Å². The summed E-state index contributed by atoms with van der Waals surface area (Å²) in [5.41, 5.74) is 4.55. The van der Waals surface area contributed by atoms with Gasteiger partial charge >= 0.3 is 0 Å². The second-order valence-corrected chi connectivity index (χ2v) is 5.72. The lowest BCUT2D eigenvalue weighted by Crippen LogP contribution is -2.00. The Hall–Kier alpha value is -2.16. The van der Waals surface area contributed by atoms with Crippen LogP contribution in [0.3, 0.4) is 0 Å². The van der Waals surface area contributed by atoms with Crippen molar-refractivity contribution in [2.24, 2.45) is 5.92 Å². The molecule has 3 heteroatoms. The predicted molar refractivity (Wildman–Crippen MR) is 82.6 cm³/mol. The van der Waals surface area contributed by atoms with E-state index in [1.54, 1.807) is 0 Å². The number of H-pyrrole nitrogens is 1. The third kappa shape index (κ3) is 2.44. The van der Waals surface area contributed by atoms with E-state index in [-0.39, 0.29) is 0 Å². The lowest BCUT2D eigenvalue weighted by Gasteiger charge is -2.04. The van der Waals surface area contributed by atoms with Crippen LogP contribution < -0.4 is 0 Å². The summed E-state index contributed by atoms with van der Waals surface area (Å²) in [4.78, 5) is 12.4. The van der Waals surface area contributed by atoms with Gasteiger partial charge in [0.2, 0.25) is 0 Å². The van der Waals surface area contributed by atoms with Crippen molar-refractivity contribution in [3.8, 4) is 11.1 Å². The van der Waals surface area contributed by atoms with Crippen molar-refractivity contribution in [1.29, 1.82) is 0 Å². The molecule has 1 N–H and O–H groups in total. The number of rotatable bonds is 3. The Kier molecular flexibility index (Phi) is 3.26. The van der Waals surface area contributed by atoms with E-state index < -0.39 is 0 Å². The molecule has 0 aliphatic heterocycles. The van der Waals surface area contributed by atoms with Crippen LogP contribution in [0.2, 0.25) is 0 Å². The minimum Gasteiger partial charge on any atom is -0.345 e. The van der Waals surface area contributed by atoms with Gasteiger partial charge in [0, 0.05) is 29.8 Å². The van der Waals surface area contributed by atoms with Crippen molar-refractivity contribution in [1.82, 2.24) is 15.0 Å². The standard InChI is InChI=1S/C17H19N3/c1-11(2)7-16-18-10-15-14(9-19-17(15)20-16)13-6-4-5-12(3)8-13/h4-6,8-11H,7H2,1-3H3,(H,18,19,20). The van der Waals surface area contributed by atoms with Gasteiger partial charge in [-0.05, 0) is 18.4 Å². The van der Waals surface area contributed by atoms with Crippen LogP contribution in [0.1, 0.15) is 25.2 Å². The molecular weight excluding hydrogens is 246 g/mol. The Morgan fingerprint density at radius 1 is 1.25 bits per heavy atom. The van der Waals surface area contributed by atoms with Gasteiger partial charge in [0.05, 0.1) is 0 Å². The van der Waals surface area contributed by atoms with Gasteiger partial charge in [-0.3, -0.25) is 0 Å². The average Bonchev–Trinajstić information content (AvgIpc) is 2.81. The normalized spacial score (nSPS) is 11.4. The molecule has 3 aromatic rings. The third-order valence-corrected chi connectivity index (χ3v) is 3.40. The number of hydrogen-bond donors (Lipinski definition) is 1. The van der Waals surface area contributed by atoms with Crippen LogP contribution in [-0.2, 0) is 6.42 Å². The summed E-state index contributed by atoms with van der Waals surface area (Å²) in [5.74, 6) is 1.48. The van der Waals surface area contributed by atoms with Crippen molar-refractivity contribution in [3.05, 3.63) is 48.0 Å². The fourth-order valence-corrected chi connectivity index (χ4v) is 2.46. The molecule has 2 heterocycles. The van der Waals surface area contributed by atoms with Crippen LogP contribution in [0.4, 0.5) is 0 Å². The molecule has 0 aliphatic carbocycles. The Bertz CT molecular complexity index is 741. The molecule has 0 amide bonds. The summed E-state index contributed by atoms with van der Waals surface area (Å²) in [5, 5.41) is 1.09. The van der Waals surface area contributed by atoms with E-state index in [0.717, 1.165) is 23.3 Å². The molecule has 1 aromatic carbocycles. The second kappa shape index (κ2) is 5.08. The Morgan fingerprint density at radius 3 is 2.85 bits per heavy atom. The summed E-state index contributed by atoms with van der Waals surface area (Å²) >= 11 is 0. The van der Waals surface area contributed by atoms with Crippen molar-refractivity contribution in [2.45, 2.75) is 27.2 Å². The summed E-state index contributed by atoms with van der Waals surface area (Å²) in [6.07, 6.45) is 4.87. The van der Waals surface area contributed by atoms with E-state index in [4.69, 9.17) is 0 Å². The number of nitrogens with zero attached hydrogens (tertiary/aromatic N) is 2. The highest BCUT2D eigenvalue weighted by molar-refractivity contribution is 5.93. The minimum absolute atomic E-state index is 0.568. The molecular formula is C17H19N3. The molecule has 3 rings (SSSR count). The first kappa shape index (κ1) is 12.9. The van der Waals surface area contributed by atoms with Crippen LogP contribution >= 0.6 is 0 Å². The molecule has 0 unspecified atom stereocenters. The Morgan fingerprint density at radius 2 is 2.10 bits per heavy atom. The van der Waals surface area contributed by atoms with Gasteiger partial charge in [-0.2, -0.15) is 0 Å². The van der Waals surface area contributed by atoms with E-state index in [2.05, 4.69) is 60.0 Å². The molecule has 102 valence electrons. The van der Waals surface area contributed by atoms with Gasteiger partial charge in [0.1, 0.15) is 11.5 Å². The van der Waals surface area contributed by atoms with Crippen LogP contribution in [0.15, 0.2) is 36.7 Å². The van der Waals surface area contributed by atoms with E-state index in [0.29, 0.717) is 5.92 Å². The summed E-state index contributed by atoms with van der Waals surface area (Å²) in [6.45, 7) is 6.47. The number of hydrogen-bond acceptors (Lipinski definition) is 2. The minimum atomic E-state index is 0.568. The quantitative estimate of drug-likeness (QED) is 0.773. The topological polar surface area (TPSA) is 41.6 Å². The molecule has 0 saturated carbocycles. The number of aromatic nitrogens is 3. The number of fused-ring (bicyclic) bond motifs is 1. The third-order valence-electron chi connectivity index (χ3n) is 3.40. The molecule has 0 saturated heterocycles. The Labute approximate surface area is 119 Å². The van der Waals surface area contributed by atoms with Crippen molar-refractivity contribution in [3.63, 3.8) is 0 Å². The van der Waals surface area contributed by atoms with Crippen LogP contribution in [-0.4, -0.2) is 15.0 Å². The molecule has 0 spiro atoms. The largest absolute Gasteiger partial charge is 0.345 e. The van der Waals surface area contributed by atoms with Crippen LogP contribution in [0, 0.1) is 12.8 Å². The number of nitrogens with one attached hydrogen (secondary N) is 1. The predicted octanol–water partition coefficient (Wildman–Crippen LogP) is 4.13. The van der Waals surface area contributed by atoms with E-state index in [1.807, 2.05) is 12.4 Å². The first-order valence-corrected chi connectivity index (χ1v) is 7.03. The monoisotopic (exact) mass is 265 g/mol. The highest BCUT2D eigenvalue weighted by Gasteiger charge is 2.09. The maximum Gasteiger partial charge on any atom is 0.141 e. The number of benzene rings is 1. The molecule has 0 radical (unpaired) electrons. The fraction of sp³-hybridized carbons (Fsp3) is 0.294. The van der Waals surface area contributed by atoms with Gasteiger partial charge < -0.3 is 4.98 Å². The Balaban J connectivity index is 2.06.